The van der Waals surface area contributed by atoms with Gasteiger partial charge in [0.2, 0.25) is 5.95 Å². The molecular weight excluding hydrogens is 195 g/mol. The van der Waals surface area contributed by atoms with Gasteiger partial charge in [0.1, 0.15) is 0 Å². The van der Waals surface area contributed by atoms with E-state index in [1.807, 2.05) is 13.8 Å². The maximum Gasteiger partial charge on any atom is 0.258 e. The molecule has 80 valence electrons. The van der Waals surface area contributed by atoms with Gasteiger partial charge in [-0.05, 0) is 25.5 Å². The molecule has 0 N–H and O–H groups in total. The molecule has 0 saturated heterocycles. The summed E-state index contributed by atoms with van der Waals surface area (Å²) in [5.74, 6) is -1.15. The van der Waals surface area contributed by atoms with Crippen molar-refractivity contribution in [1.82, 2.24) is 9.88 Å². The number of pyridine rings is 1. The Morgan fingerprint density at radius 3 is 2.67 bits per heavy atom. The highest BCUT2D eigenvalue weighted by atomic mass is 19.1. The van der Waals surface area contributed by atoms with Crippen LogP contribution in [0.25, 0.3) is 0 Å². The third-order valence-corrected chi connectivity index (χ3v) is 2.14. The predicted octanol–water partition coefficient (Wildman–Crippen LogP) is 1.76. The van der Waals surface area contributed by atoms with Crippen molar-refractivity contribution in [2.75, 3.05) is 13.1 Å². The van der Waals surface area contributed by atoms with Crippen LogP contribution in [-0.4, -0.2) is 28.9 Å². The third-order valence-electron chi connectivity index (χ3n) is 2.14. The van der Waals surface area contributed by atoms with Crippen molar-refractivity contribution in [1.29, 1.82) is 0 Å². The van der Waals surface area contributed by atoms with E-state index in [1.165, 1.54) is 17.2 Å². The van der Waals surface area contributed by atoms with E-state index in [9.17, 15) is 9.18 Å². The van der Waals surface area contributed by atoms with Crippen LogP contribution in [-0.2, 0) is 0 Å². The number of aromatic nitrogens is 1. The standard InChI is InChI=1S/C11H13FN2O/c1-4-14(5-2)11(15)9-6-8(3)7-13-10(9)12/h3,6-7H,4-5H2,1-2H3. The molecule has 0 spiro atoms. The molecule has 1 aromatic heterocycles. The molecule has 0 aliphatic rings. The minimum absolute atomic E-state index is 0.0706. The predicted molar refractivity (Wildman–Crippen MR) is 54.8 cm³/mol. The van der Waals surface area contributed by atoms with E-state index < -0.39 is 5.95 Å². The number of hydrogen-bond donors (Lipinski definition) is 0. The smallest absolute Gasteiger partial charge is 0.258 e. The Balaban J connectivity index is 3.04. The average Bonchev–Trinajstić information content (AvgIpc) is 2.23. The number of rotatable bonds is 3. The van der Waals surface area contributed by atoms with Gasteiger partial charge in [-0.25, -0.2) is 4.98 Å². The molecule has 1 heterocycles. The van der Waals surface area contributed by atoms with E-state index in [0.29, 0.717) is 13.1 Å². The molecule has 3 nitrogen and oxygen atoms in total. The molecule has 0 aliphatic carbocycles. The maximum atomic E-state index is 13.2. The second kappa shape index (κ2) is 4.87. The Morgan fingerprint density at radius 2 is 2.13 bits per heavy atom. The quantitative estimate of drug-likeness (QED) is 0.709. The van der Waals surface area contributed by atoms with Crippen LogP contribution in [0.15, 0.2) is 12.3 Å². The second-order valence-corrected chi connectivity index (χ2v) is 3.08. The first-order valence-corrected chi connectivity index (χ1v) is 4.80. The van der Waals surface area contributed by atoms with Gasteiger partial charge >= 0.3 is 0 Å². The van der Waals surface area contributed by atoms with Gasteiger partial charge in [-0.15, -0.1) is 0 Å². The fourth-order valence-electron chi connectivity index (χ4n) is 1.30. The highest BCUT2D eigenvalue weighted by Crippen LogP contribution is 2.10. The van der Waals surface area contributed by atoms with Gasteiger partial charge in [0.05, 0.1) is 5.56 Å². The first kappa shape index (κ1) is 11.6. The van der Waals surface area contributed by atoms with E-state index in [1.54, 1.807) is 0 Å². The number of carbonyl (C=O) groups excluding carboxylic acids is 1. The molecule has 0 bridgehead atoms. The fourth-order valence-corrected chi connectivity index (χ4v) is 1.30. The molecule has 0 saturated carbocycles. The molecule has 1 amide bonds. The summed E-state index contributed by atoms with van der Waals surface area (Å²) in [5.41, 5.74) is 0.214. The minimum atomic E-state index is -0.777. The maximum absolute atomic E-state index is 13.2. The van der Waals surface area contributed by atoms with Crippen LogP contribution in [0.1, 0.15) is 29.8 Å². The van der Waals surface area contributed by atoms with Gasteiger partial charge in [-0.3, -0.25) is 4.79 Å². The van der Waals surface area contributed by atoms with Crippen LogP contribution in [0.3, 0.4) is 0 Å². The van der Waals surface area contributed by atoms with Crippen molar-refractivity contribution < 1.29 is 9.18 Å². The molecule has 0 aromatic carbocycles. The highest BCUT2D eigenvalue weighted by molar-refractivity contribution is 5.94. The lowest BCUT2D eigenvalue weighted by molar-refractivity contribution is 0.0767. The highest BCUT2D eigenvalue weighted by Gasteiger charge is 2.17. The Bertz CT molecular complexity index is 362. The molecule has 0 fully saturated rings. The van der Waals surface area contributed by atoms with Crippen molar-refractivity contribution >= 4 is 5.91 Å². The normalized spacial score (nSPS) is 10.1. The molecular formula is C11H13FN2O. The van der Waals surface area contributed by atoms with Gasteiger partial charge in [-0.1, -0.05) is 0 Å². The molecule has 4 heteroatoms. The minimum Gasteiger partial charge on any atom is -0.339 e. The van der Waals surface area contributed by atoms with Crippen LogP contribution in [0.2, 0.25) is 0 Å². The van der Waals surface area contributed by atoms with Gasteiger partial charge in [0.25, 0.3) is 5.91 Å². The summed E-state index contributed by atoms with van der Waals surface area (Å²) in [5, 5.41) is 0. The number of nitrogens with zero attached hydrogens (tertiary/aromatic N) is 2. The molecule has 1 aromatic rings. The summed E-state index contributed by atoms with van der Waals surface area (Å²) < 4.78 is 13.2. The Kier molecular flexibility index (Phi) is 3.77. The first-order chi connectivity index (χ1) is 7.10. The summed E-state index contributed by atoms with van der Waals surface area (Å²) in [6.45, 7) is 10.2. The van der Waals surface area contributed by atoms with E-state index >= 15 is 0 Å². The molecule has 1 rings (SSSR count). The molecule has 0 atom stereocenters. The van der Waals surface area contributed by atoms with Gasteiger partial charge in [-0.2, -0.15) is 4.39 Å². The van der Waals surface area contributed by atoms with Crippen molar-refractivity contribution in [3.8, 4) is 0 Å². The Morgan fingerprint density at radius 1 is 1.53 bits per heavy atom. The van der Waals surface area contributed by atoms with Gasteiger partial charge in [0.15, 0.2) is 0 Å². The zero-order valence-electron chi connectivity index (χ0n) is 8.83. The monoisotopic (exact) mass is 208 g/mol. The van der Waals surface area contributed by atoms with Crippen LogP contribution >= 0.6 is 0 Å². The fraction of sp³-hybridized carbons (Fsp3) is 0.364. The number of halogens is 1. The van der Waals surface area contributed by atoms with Crippen molar-refractivity contribution in [3.63, 3.8) is 0 Å². The third kappa shape index (κ3) is 2.52. The first-order valence-electron chi connectivity index (χ1n) is 4.80. The van der Waals surface area contributed by atoms with Crippen molar-refractivity contribution in [2.45, 2.75) is 13.8 Å². The SMILES string of the molecule is [CH]c1cnc(F)c(C(=O)N(CC)CC)c1. The van der Waals surface area contributed by atoms with Gasteiger partial charge in [0, 0.05) is 26.2 Å². The van der Waals surface area contributed by atoms with Gasteiger partial charge < -0.3 is 4.90 Å². The zero-order chi connectivity index (χ0) is 11.4. The molecule has 15 heavy (non-hydrogen) atoms. The van der Waals surface area contributed by atoms with E-state index in [4.69, 9.17) is 6.92 Å². The van der Waals surface area contributed by atoms with Crippen molar-refractivity contribution in [3.05, 3.63) is 36.3 Å². The summed E-state index contributed by atoms with van der Waals surface area (Å²) in [7, 11) is 0. The number of amides is 1. The number of carbonyl (C=O) groups is 1. The van der Waals surface area contributed by atoms with E-state index in [-0.39, 0.29) is 17.0 Å². The summed E-state index contributed by atoms with van der Waals surface area (Å²) in [4.78, 5) is 16.7. The zero-order valence-corrected chi connectivity index (χ0v) is 8.83. The van der Waals surface area contributed by atoms with Crippen LogP contribution < -0.4 is 0 Å². The van der Waals surface area contributed by atoms with Crippen LogP contribution in [0.5, 0.6) is 0 Å². The summed E-state index contributed by atoms with van der Waals surface area (Å²) in [6.07, 6.45) is 1.19. The van der Waals surface area contributed by atoms with E-state index in [0.717, 1.165) is 0 Å². The molecule has 0 unspecified atom stereocenters. The number of hydrogen-bond acceptors (Lipinski definition) is 2. The molecule has 0 aliphatic heterocycles. The lowest BCUT2D eigenvalue weighted by Crippen LogP contribution is -2.31. The largest absolute Gasteiger partial charge is 0.339 e. The summed E-state index contributed by atoms with van der Waals surface area (Å²) >= 11 is 0. The van der Waals surface area contributed by atoms with Crippen LogP contribution in [0, 0.1) is 12.9 Å². The van der Waals surface area contributed by atoms with Crippen molar-refractivity contribution in [2.24, 2.45) is 0 Å². The van der Waals surface area contributed by atoms with Crippen LogP contribution in [0.4, 0.5) is 4.39 Å². The summed E-state index contributed by atoms with van der Waals surface area (Å²) in [6, 6.07) is 1.31. The topological polar surface area (TPSA) is 33.2 Å². The lowest BCUT2D eigenvalue weighted by atomic mass is 10.2. The van der Waals surface area contributed by atoms with E-state index in [2.05, 4.69) is 4.98 Å². The molecule has 2 radical (unpaired) electrons. The Labute approximate surface area is 88.9 Å². The second-order valence-electron chi connectivity index (χ2n) is 3.08. The lowest BCUT2D eigenvalue weighted by Gasteiger charge is -2.18. The average molecular weight is 208 g/mol. The Hall–Kier alpha value is -1.45.